The number of aromatic nitrogens is 1. The average molecular weight is 371 g/mol. The Hall–Kier alpha value is -3.54. The van der Waals surface area contributed by atoms with Crippen molar-refractivity contribution in [3.8, 4) is 17.2 Å². The zero-order valence-electron chi connectivity index (χ0n) is 15.0. The molecule has 0 aliphatic carbocycles. The molecule has 0 amide bonds. The maximum absolute atomic E-state index is 6.34. The third-order valence-electron chi connectivity index (χ3n) is 5.40. The molecule has 4 heterocycles. The van der Waals surface area contributed by atoms with Gasteiger partial charge in [0.15, 0.2) is 11.5 Å². The molecule has 0 N–H and O–H groups in total. The number of benzene rings is 2. The van der Waals surface area contributed by atoms with E-state index < -0.39 is 0 Å². The fourth-order valence-corrected chi connectivity index (χ4v) is 4.03. The Bertz CT molecular complexity index is 1080. The summed E-state index contributed by atoms with van der Waals surface area (Å²) in [6.07, 6.45) is 4.09. The molecule has 3 aliphatic rings. The lowest BCUT2D eigenvalue weighted by atomic mass is 9.96. The lowest BCUT2D eigenvalue weighted by Crippen LogP contribution is -2.33. The molecular weight excluding hydrogens is 354 g/mol. The Labute approximate surface area is 162 Å². The highest BCUT2D eigenvalue weighted by Gasteiger charge is 2.41. The predicted molar refractivity (Wildman–Crippen MR) is 102 cm³/mol. The van der Waals surface area contributed by atoms with E-state index in [2.05, 4.69) is 16.1 Å². The van der Waals surface area contributed by atoms with Gasteiger partial charge in [-0.3, -0.25) is 4.98 Å². The van der Waals surface area contributed by atoms with Crippen molar-refractivity contribution >= 4 is 5.71 Å². The molecule has 0 fully saturated rings. The third kappa shape index (κ3) is 2.34. The van der Waals surface area contributed by atoms with E-state index in [0.29, 0.717) is 0 Å². The molecular formula is C22H17N3O3. The van der Waals surface area contributed by atoms with Crippen LogP contribution in [0.4, 0.5) is 0 Å². The van der Waals surface area contributed by atoms with Gasteiger partial charge in [0.05, 0.1) is 11.8 Å². The van der Waals surface area contributed by atoms with Crippen LogP contribution in [-0.4, -0.2) is 22.5 Å². The number of ether oxygens (including phenoxy) is 3. The normalized spacial score (nSPS) is 21.6. The van der Waals surface area contributed by atoms with Gasteiger partial charge in [-0.2, -0.15) is 5.10 Å². The summed E-state index contributed by atoms with van der Waals surface area (Å²) in [5.41, 5.74) is 4.25. The number of nitrogens with zero attached hydrogens (tertiary/aromatic N) is 3. The average Bonchev–Trinajstić information content (AvgIpc) is 3.40. The molecule has 0 unspecified atom stereocenters. The van der Waals surface area contributed by atoms with Gasteiger partial charge in [-0.05, 0) is 36.4 Å². The summed E-state index contributed by atoms with van der Waals surface area (Å²) in [6.45, 7) is 0.269. The number of rotatable bonds is 2. The van der Waals surface area contributed by atoms with E-state index in [9.17, 15) is 0 Å². The van der Waals surface area contributed by atoms with Gasteiger partial charge < -0.3 is 14.2 Å². The Morgan fingerprint density at radius 3 is 2.68 bits per heavy atom. The molecule has 6 nitrogen and oxygen atoms in total. The highest BCUT2D eigenvalue weighted by atomic mass is 16.7. The minimum atomic E-state index is -0.283. The Balaban J connectivity index is 1.43. The minimum Gasteiger partial charge on any atom is -0.464 e. The first-order chi connectivity index (χ1) is 13.9. The van der Waals surface area contributed by atoms with Crippen LogP contribution in [0.25, 0.3) is 0 Å². The van der Waals surface area contributed by atoms with E-state index in [1.165, 1.54) is 0 Å². The zero-order valence-corrected chi connectivity index (χ0v) is 15.0. The third-order valence-corrected chi connectivity index (χ3v) is 5.40. The highest BCUT2D eigenvalue weighted by molar-refractivity contribution is 6.02. The summed E-state index contributed by atoms with van der Waals surface area (Å²) in [4.78, 5) is 4.13. The smallest absolute Gasteiger partial charge is 0.231 e. The van der Waals surface area contributed by atoms with Crippen LogP contribution in [0, 0.1) is 0 Å². The van der Waals surface area contributed by atoms with Crippen molar-refractivity contribution in [2.24, 2.45) is 5.10 Å². The zero-order chi connectivity index (χ0) is 18.5. The van der Waals surface area contributed by atoms with Crippen molar-refractivity contribution in [1.29, 1.82) is 0 Å². The molecule has 0 saturated heterocycles. The molecule has 0 saturated carbocycles. The number of hydrogen-bond donors (Lipinski definition) is 0. The van der Waals surface area contributed by atoms with E-state index in [-0.39, 0.29) is 19.1 Å². The van der Waals surface area contributed by atoms with Gasteiger partial charge in [0.1, 0.15) is 5.75 Å². The van der Waals surface area contributed by atoms with E-state index in [1.807, 2.05) is 48.5 Å². The van der Waals surface area contributed by atoms with Crippen LogP contribution in [0.15, 0.2) is 72.1 Å². The molecule has 0 radical (unpaired) electrons. The Kier molecular flexibility index (Phi) is 3.32. The summed E-state index contributed by atoms with van der Waals surface area (Å²) >= 11 is 0. The molecule has 28 heavy (non-hydrogen) atoms. The monoisotopic (exact) mass is 371 g/mol. The van der Waals surface area contributed by atoms with Crippen LogP contribution < -0.4 is 14.2 Å². The second kappa shape index (κ2) is 5.99. The molecule has 3 aromatic rings. The van der Waals surface area contributed by atoms with Crippen LogP contribution in [-0.2, 0) is 0 Å². The van der Waals surface area contributed by atoms with Gasteiger partial charge in [0.2, 0.25) is 13.0 Å². The van der Waals surface area contributed by atoms with Gasteiger partial charge in [-0.25, -0.2) is 5.01 Å². The standard InChI is InChI=1S/C22H17N3O3/c1-2-4-19-16(3-1)18-12-17(15-5-6-20-21(11-15)27-13-26-20)24-25(18)22(28-19)14-7-9-23-10-8-14/h1-11,18,22H,12-13H2/t18-,22-/m0/s1. The lowest BCUT2D eigenvalue weighted by Gasteiger charge is -2.38. The number of hydrazone groups is 1. The second-order valence-corrected chi connectivity index (χ2v) is 7.00. The Morgan fingerprint density at radius 2 is 1.75 bits per heavy atom. The molecule has 0 spiro atoms. The van der Waals surface area contributed by atoms with E-state index in [1.54, 1.807) is 12.4 Å². The molecule has 6 rings (SSSR count). The first-order valence-electron chi connectivity index (χ1n) is 9.28. The van der Waals surface area contributed by atoms with Gasteiger partial charge in [0.25, 0.3) is 0 Å². The van der Waals surface area contributed by atoms with Crippen LogP contribution in [0.3, 0.4) is 0 Å². The van der Waals surface area contributed by atoms with E-state index in [0.717, 1.165) is 46.1 Å². The van der Waals surface area contributed by atoms with Gasteiger partial charge in [-0.1, -0.05) is 18.2 Å². The molecule has 1 aromatic heterocycles. The van der Waals surface area contributed by atoms with Crippen molar-refractivity contribution in [2.75, 3.05) is 6.79 Å². The minimum absolute atomic E-state index is 0.128. The molecule has 3 aliphatic heterocycles. The first kappa shape index (κ1) is 15.5. The quantitative estimate of drug-likeness (QED) is 0.680. The van der Waals surface area contributed by atoms with Crippen LogP contribution >= 0.6 is 0 Å². The maximum atomic E-state index is 6.34. The highest BCUT2D eigenvalue weighted by Crippen LogP contribution is 2.47. The largest absolute Gasteiger partial charge is 0.464 e. The molecule has 2 aromatic carbocycles. The number of fused-ring (bicyclic) bond motifs is 4. The summed E-state index contributed by atoms with van der Waals surface area (Å²) in [6, 6.07) is 18.3. The molecule has 2 atom stereocenters. The van der Waals surface area contributed by atoms with Crippen LogP contribution in [0.5, 0.6) is 17.2 Å². The Morgan fingerprint density at radius 1 is 0.893 bits per heavy atom. The molecule has 138 valence electrons. The molecule has 6 heteroatoms. The summed E-state index contributed by atoms with van der Waals surface area (Å²) < 4.78 is 17.3. The topological polar surface area (TPSA) is 56.2 Å². The second-order valence-electron chi connectivity index (χ2n) is 7.00. The predicted octanol–water partition coefficient (Wildman–Crippen LogP) is 4.05. The first-order valence-corrected chi connectivity index (χ1v) is 9.28. The number of pyridine rings is 1. The number of para-hydroxylation sites is 1. The van der Waals surface area contributed by atoms with Crippen molar-refractivity contribution in [1.82, 2.24) is 9.99 Å². The van der Waals surface area contributed by atoms with Crippen molar-refractivity contribution in [3.05, 3.63) is 83.7 Å². The van der Waals surface area contributed by atoms with Crippen LogP contribution in [0.1, 0.15) is 35.4 Å². The SMILES string of the molecule is c1ccc2c(c1)O[C@@H](c1ccncc1)N1N=C(c3ccc4c(c3)OCO4)C[C@@H]21. The van der Waals surface area contributed by atoms with Crippen molar-refractivity contribution in [3.63, 3.8) is 0 Å². The van der Waals surface area contributed by atoms with Gasteiger partial charge >= 0.3 is 0 Å². The van der Waals surface area contributed by atoms with Crippen molar-refractivity contribution in [2.45, 2.75) is 18.7 Å². The van der Waals surface area contributed by atoms with Gasteiger partial charge in [-0.15, -0.1) is 0 Å². The van der Waals surface area contributed by atoms with Crippen LogP contribution in [0.2, 0.25) is 0 Å². The fourth-order valence-electron chi connectivity index (χ4n) is 4.03. The summed E-state index contributed by atoms with van der Waals surface area (Å²) in [5, 5.41) is 7.04. The maximum Gasteiger partial charge on any atom is 0.231 e. The van der Waals surface area contributed by atoms with Gasteiger partial charge in [0, 0.05) is 35.5 Å². The summed E-state index contributed by atoms with van der Waals surface area (Å²) in [5.74, 6) is 2.46. The van der Waals surface area contributed by atoms with E-state index >= 15 is 0 Å². The fraction of sp³-hybridized carbons (Fsp3) is 0.182. The summed E-state index contributed by atoms with van der Waals surface area (Å²) in [7, 11) is 0. The van der Waals surface area contributed by atoms with E-state index in [4.69, 9.17) is 19.3 Å². The van der Waals surface area contributed by atoms with Crippen molar-refractivity contribution < 1.29 is 14.2 Å². The lowest BCUT2D eigenvalue weighted by molar-refractivity contribution is -0.0190. The number of hydrogen-bond acceptors (Lipinski definition) is 6. The molecule has 0 bridgehead atoms.